The first-order chi connectivity index (χ1) is 16.3. The number of carboxylic acids is 1. The highest BCUT2D eigenvalue weighted by atomic mass is 35.5. The number of anilines is 2. The molecular weight excluding hydrogens is 460 g/mol. The number of ether oxygens (including phenoxy) is 2. The van der Waals surface area contributed by atoms with Gasteiger partial charge in [0.1, 0.15) is 19.0 Å². The van der Waals surface area contributed by atoms with E-state index in [1.807, 2.05) is 49.4 Å². The molecule has 3 N–H and O–H groups in total. The summed E-state index contributed by atoms with van der Waals surface area (Å²) in [5.41, 5.74) is 3.15. The zero-order valence-electron chi connectivity index (χ0n) is 18.6. The predicted octanol–water partition coefficient (Wildman–Crippen LogP) is 4.62. The first-order valence-corrected chi connectivity index (χ1v) is 10.6. The molecule has 0 radical (unpaired) electrons. The second-order valence-corrected chi connectivity index (χ2v) is 7.75. The van der Waals surface area contributed by atoms with Gasteiger partial charge in [0.25, 0.3) is 0 Å². The van der Waals surface area contributed by atoms with E-state index in [9.17, 15) is 19.5 Å². The van der Waals surface area contributed by atoms with Gasteiger partial charge in [0.2, 0.25) is 11.8 Å². The van der Waals surface area contributed by atoms with Gasteiger partial charge >= 0.3 is 5.97 Å². The van der Waals surface area contributed by atoms with E-state index in [2.05, 4.69) is 10.6 Å². The van der Waals surface area contributed by atoms with Crippen molar-refractivity contribution in [1.82, 2.24) is 0 Å². The number of carboxylic acid groups (broad SMARTS) is 1. The molecule has 0 aliphatic rings. The van der Waals surface area contributed by atoms with Crippen LogP contribution in [-0.4, -0.2) is 43.2 Å². The number of methoxy groups -OCH3 is 1. The number of carbonyl (C=O) groups excluding carboxylic acids is 2. The normalized spacial score (nSPS) is 10.4. The van der Waals surface area contributed by atoms with Crippen molar-refractivity contribution in [2.75, 3.05) is 31.0 Å². The van der Waals surface area contributed by atoms with Gasteiger partial charge < -0.3 is 25.2 Å². The fourth-order valence-corrected chi connectivity index (χ4v) is 3.39. The second kappa shape index (κ2) is 11.3. The molecule has 0 saturated carbocycles. The third kappa shape index (κ3) is 6.34. The molecule has 0 heterocycles. The molecule has 176 valence electrons. The largest absolute Gasteiger partial charge is 0.496 e. The summed E-state index contributed by atoms with van der Waals surface area (Å²) in [4.78, 5) is 35.8. The number of carbonyl (C=O) groups is 3. The Labute approximate surface area is 201 Å². The van der Waals surface area contributed by atoms with Crippen LogP contribution in [0.4, 0.5) is 11.4 Å². The van der Waals surface area contributed by atoms with Gasteiger partial charge in [-0.15, -0.1) is 0 Å². The minimum absolute atomic E-state index is 0.0822. The van der Waals surface area contributed by atoms with Crippen LogP contribution in [0.3, 0.4) is 0 Å². The molecule has 0 aliphatic carbocycles. The molecule has 8 nitrogen and oxygen atoms in total. The summed E-state index contributed by atoms with van der Waals surface area (Å²) in [6, 6.07) is 17.3. The quantitative estimate of drug-likeness (QED) is 0.410. The Bertz CT molecular complexity index is 1230. The third-order valence-corrected chi connectivity index (χ3v) is 5.12. The number of hydrogen-bond acceptors (Lipinski definition) is 5. The molecule has 0 aliphatic heterocycles. The predicted molar refractivity (Wildman–Crippen MR) is 130 cm³/mol. The number of rotatable bonds is 9. The van der Waals surface area contributed by atoms with Gasteiger partial charge in [-0.25, -0.2) is 4.79 Å². The molecule has 0 unspecified atom stereocenters. The van der Waals surface area contributed by atoms with Crippen molar-refractivity contribution in [3.05, 3.63) is 76.8 Å². The number of aryl methyl sites for hydroxylation is 1. The molecule has 9 heteroatoms. The molecule has 3 aromatic rings. The number of para-hydroxylation sites is 1. The average molecular weight is 483 g/mol. The van der Waals surface area contributed by atoms with Crippen LogP contribution in [0.15, 0.2) is 60.7 Å². The maximum atomic E-state index is 12.4. The Morgan fingerprint density at radius 2 is 1.59 bits per heavy atom. The molecule has 0 fully saturated rings. The average Bonchev–Trinajstić information content (AvgIpc) is 2.81. The fourth-order valence-electron chi connectivity index (χ4n) is 3.22. The SMILES string of the molecule is COc1ccccc1-c1ccc(C)c(NC(=O)COCC(=O)Nc2ccc(Cl)cc2C(=O)O)c1. The molecule has 0 bridgehead atoms. The lowest BCUT2D eigenvalue weighted by Gasteiger charge is -2.13. The Balaban J connectivity index is 1.58. The van der Waals surface area contributed by atoms with Gasteiger partial charge in [0.15, 0.2) is 0 Å². The van der Waals surface area contributed by atoms with E-state index < -0.39 is 24.4 Å². The van der Waals surface area contributed by atoms with Crippen LogP contribution < -0.4 is 15.4 Å². The molecular formula is C25H23ClN2O6. The lowest BCUT2D eigenvalue weighted by molar-refractivity contribution is -0.125. The lowest BCUT2D eigenvalue weighted by Crippen LogP contribution is -2.24. The van der Waals surface area contributed by atoms with Crippen molar-refractivity contribution < 1.29 is 29.0 Å². The Morgan fingerprint density at radius 1 is 0.912 bits per heavy atom. The summed E-state index contributed by atoms with van der Waals surface area (Å²) in [6.07, 6.45) is 0. The number of amides is 2. The van der Waals surface area contributed by atoms with Gasteiger partial charge in [0, 0.05) is 16.3 Å². The third-order valence-electron chi connectivity index (χ3n) is 4.88. The van der Waals surface area contributed by atoms with Crippen molar-refractivity contribution in [2.45, 2.75) is 6.92 Å². The van der Waals surface area contributed by atoms with Crippen molar-refractivity contribution in [3.8, 4) is 16.9 Å². The lowest BCUT2D eigenvalue weighted by atomic mass is 10.0. The van der Waals surface area contributed by atoms with Crippen LogP contribution in [-0.2, 0) is 14.3 Å². The van der Waals surface area contributed by atoms with Gasteiger partial charge in [0.05, 0.1) is 18.4 Å². The van der Waals surface area contributed by atoms with Crippen LogP contribution in [0, 0.1) is 6.92 Å². The number of halogens is 1. The monoisotopic (exact) mass is 482 g/mol. The van der Waals surface area contributed by atoms with Crippen LogP contribution in [0.25, 0.3) is 11.1 Å². The maximum absolute atomic E-state index is 12.4. The maximum Gasteiger partial charge on any atom is 0.337 e. The Hall–Kier alpha value is -3.88. The van der Waals surface area contributed by atoms with Crippen molar-refractivity contribution >= 4 is 40.8 Å². The first kappa shape index (κ1) is 24.8. The van der Waals surface area contributed by atoms with E-state index in [1.165, 1.54) is 18.2 Å². The minimum Gasteiger partial charge on any atom is -0.496 e. The van der Waals surface area contributed by atoms with Gasteiger partial charge in [-0.3, -0.25) is 9.59 Å². The van der Waals surface area contributed by atoms with Gasteiger partial charge in [-0.1, -0.05) is 41.9 Å². The van der Waals surface area contributed by atoms with E-state index in [0.29, 0.717) is 11.4 Å². The summed E-state index contributed by atoms with van der Waals surface area (Å²) < 4.78 is 10.6. The number of benzene rings is 3. The molecule has 34 heavy (non-hydrogen) atoms. The number of aromatic carboxylic acids is 1. The van der Waals surface area contributed by atoms with E-state index >= 15 is 0 Å². The summed E-state index contributed by atoms with van der Waals surface area (Å²) in [6.45, 7) is 1.07. The fraction of sp³-hybridized carbons (Fsp3) is 0.160. The highest BCUT2D eigenvalue weighted by Gasteiger charge is 2.14. The van der Waals surface area contributed by atoms with E-state index in [4.69, 9.17) is 21.1 Å². The summed E-state index contributed by atoms with van der Waals surface area (Å²) in [7, 11) is 1.60. The summed E-state index contributed by atoms with van der Waals surface area (Å²) in [5.74, 6) is -1.56. The van der Waals surface area contributed by atoms with Gasteiger partial charge in [-0.2, -0.15) is 0 Å². The summed E-state index contributed by atoms with van der Waals surface area (Å²) in [5, 5.41) is 14.7. The van der Waals surface area contributed by atoms with E-state index in [1.54, 1.807) is 7.11 Å². The first-order valence-electron chi connectivity index (χ1n) is 10.2. The summed E-state index contributed by atoms with van der Waals surface area (Å²) >= 11 is 5.80. The molecule has 3 rings (SSSR count). The Morgan fingerprint density at radius 3 is 2.26 bits per heavy atom. The van der Waals surface area contributed by atoms with E-state index in [-0.39, 0.29) is 22.9 Å². The molecule has 3 aromatic carbocycles. The highest BCUT2D eigenvalue weighted by molar-refractivity contribution is 6.31. The van der Waals surface area contributed by atoms with E-state index in [0.717, 1.165) is 16.7 Å². The smallest absolute Gasteiger partial charge is 0.337 e. The van der Waals surface area contributed by atoms with Crippen LogP contribution in [0.5, 0.6) is 5.75 Å². The molecule has 2 amide bonds. The van der Waals surface area contributed by atoms with Crippen molar-refractivity contribution in [3.63, 3.8) is 0 Å². The molecule has 0 spiro atoms. The number of hydrogen-bond donors (Lipinski definition) is 3. The van der Waals surface area contributed by atoms with Crippen molar-refractivity contribution in [1.29, 1.82) is 0 Å². The van der Waals surface area contributed by atoms with Crippen LogP contribution >= 0.6 is 11.6 Å². The topological polar surface area (TPSA) is 114 Å². The zero-order chi connectivity index (χ0) is 24.7. The van der Waals surface area contributed by atoms with Crippen LogP contribution in [0.1, 0.15) is 15.9 Å². The second-order valence-electron chi connectivity index (χ2n) is 7.31. The Kier molecular flexibility index (Phi) is 8.24. The van der Waals surface area contributed by atoms with Gasteiger partial charge in [-0.05, 0) is 48.4 Å². The standard InChI is InChI=1S/C25H23ClN2O6/c1-15-7-8-16(18-5-3-4-6-22(18)33-2)11-21(15)28-24(30)14-34-13-23(29)27-20-10-9-17(26)12-19(20)25(31)32/h3-12H,13-14H2,1-2H3,(H,27,29)(H,28,30)(H,31,32). The minimum atomic E-state index is -1.23. The molecule has 0 aromatic heterocycles. The zero-order valence-corrected chi connectivity index (χ0v) is 19.3. The number of nitrogens with one attached hydrogen (secondary N) is 2. The molecule has 0 atom stereocenters. The van der Waals surface area contributed by atoms with Crippen LogP contribution in [0.2, 0.25) is 5.02 Å². The highest BCUT2D eigenvalue weighted by Crippen LogP contribution is 2.32. The molecule has 0 saturated heterocycles. The van der Waals surface area contributed by atoms with Crippen molar-refractivity contribution in [2.24, 2.45) is 0 Å².